The van der Waals surface area contributed by atoms with Crippen LogP contribution in [0.25, 0.3) is 22.6 Å². The predicted octanol–water partition coefficient (Wildman–Crippen LogP) is 4.68. The lowest BCUT2D eigenvalue weighted by Crippen LogP contribution is -2.49. The molecule has 1 amide bonds. The van der Waals surface area contributed by atoms with E-state index in [-0.39, 0.29) is 36.7 Å². The number of benzene rings is 2. The third kappa shape index (κ3) is 6.96. The number of aromatic amines is 1. The molecular formula is C30H33F2N7O3. The number of halogens is 2. The van der Waals surface area contributed by atoms with E-state index >= 15 is 0 Å². The minimum absolute atomic E-state index is 0.131. The third-order valence-electron chi connectivity index (χ3n) is 6.80. The van der Waals surface area contributed by atoms with Crippen molar-refractivity contribution in [2.45, 2.75) is 19.6 Å². The van der Waals surface area contributed by atoms with Gasteiger partial charge < -0.3 is 30.0 Å². The van der Waals surface area contributed by atoms with Gasteiger partial charge in [-0.3, -0.25) is 4.79 Å². The van der Waals surface area contributed by atoms with Gasteiger partial charge in [-0.1, -0.05) is 0 Å². The number of H-pyrrole nitrogens is 1. The second-order valence-electron chi connectivity index (χ2n) is 10.7. The Bertz CT molecular complexity index is 1500. The monoisotopic (exact) mass is 577 g/mol. The summed E-state index contributed by atoms with van der Waals surface area (Å²) in [6.45, 7) is 3.52. The molecule has 42 heavy (non-hydrogen) atoms. The molecule has 0 spiro atoms. The molecule has 3 heterocycles. The zero-order chi connectivity index (χ0) is 29.7. The predicted molar refractivity (Wildman–Crippen MR) is 154 cm³/mol. The Morgan fingerprint density at radius 1 is 1.02 bits per heavy atom. The SMILES string of the molecule is CN(C)CCCNC(=O)C1(C)COC(c2nc(-c3ccc(F)cc3)c(-c3ccnc(Nc4ccc(F)cc4)n3)[nH]2)OC1. The highest BCUT2D eigenvalue weighted by Crippen LogP contribution is 2.35. The molecule has 0 radical (unpaired) electrons. The van der Waals surface area contributed by atoms with Gasteiger partial charge in [0.1, 0.15) is 11.6 Å². The normalized spacial score (nSPS) is 18.7. The number of anilines is 2. The topological polar surface area (TPSA) is 117 Å². The number of aromatic nitrogens is 4. The van der Waals surface area contributed by atoms with Crippen molar-refractivity contribution in [2.24, 2.45) is 5.41 Å². The standard InChI is InChI=1S/C30H33F2N7O3/c1-30(28(40)33-14-4-16-39(2)3)17-41-27(42-18-30)26-37-24(19-5-7-20(31)8-6-19)25(38-26)23-13-15-34-29(36-23)35-22-11-9-21(32)10-12-22/h5-13,15,27H,4,14,16-18H2,1-3H3,(H,33,40)(H,37,38)(H,34,35,36). The quantitative estimate of drug-likeness (QED) is 0.233. The number of carbonyl (C=O) groups excluding carboxylic acids is 1. The average molecular weight is 578 g/mol. The molecule has 1 saturated heterocycles. The van der Waals surface area contributed by atoms with E-state index in [9.17, 15) is 13.6 Å². The summed E-state index contributed by atoms with van der Waals surface area (Å²) < 4.78 is 39.0. The van der Waals surface area contributed by atoms with Crippen LogP contribution in [0.1, 0.15) is 25.5 Å². The maximum absolute atomic E-state index is 13.7. The Hall–Kier alpha value is -4.26. The van der Waals surface area contributed by atoms with Crippen molar-refractivity contribution in [2.75, 3.05) is 45.7 Å². The molecule has 4 aromatic rings. The molecule has 5 rings (SSSR count). The molecule has 10 nitrogen and oxygen atoms in total. The van der Waals surface area contributed by atoms with Crippen molar-refractivity contribution in [1.29, 1.82) is 0 Å². The second kappa shape index (κ2) is 12.7. The lowest BCUT2D eigenvalue weighted by atomic mass is 9.91. The first-order valence-electron chi connectivity index (χ1n) is 13.6. The smallest absolute Gasteiger partial charge is 0.230 e. The van der Waals surface area contributed by atoms with Crippen LogP contribution >= 0.6 is 0 Å². The zero-order valence-electron chi connectivity index (χ0n) is 23.7. The molecule has 0 saturated carbocycles. The summed E-state index contributed by atoms with van der Waals surface area (Å²) in [6.07, 6.45) is 1.57. The Labute approximate surface area is 242 Å². The third-order valence-corrected chi connectivity index (χ3v) is 6.80. The highest BCUT2D eigenvalue weighted by atomic mass is 19.1. The molecule has 1 aliphatic heterocycles. The first-order chi connectivity index (χ1) is 20.2. The minimum atomic E-state index is -0.855. The number of carbonyl (C=O) groups is 1. The lowest BCUT2D eigenvalue weighted by Gasteiger charge is -2.35. The van der Waals surface area contributed by atoms with E-state index in [1.807, 2.05) is 14.1 Å². The van der Waals surface area contributed by atoms with Gasteiger partial charge in [-0.05, 0) is 88.6 Å². The molecule has 0 bridgehead atoms. The van der Waals surface area contributed by atoms with Crippen LogP contribution in [0, 0.1) is 17.0 Å². The van der Waals surface area contributed by atoms with Crippen molar-refractivity contribution in [3.05, 3.63) is 78.3 Å². The van der Waals surface area contributed by atoms with Gasteiger partial charge in [0.15, 0.2) is 5.82 Å². The molecular weight excluding hydrogens is 544 g/mol. The number of hydrogen-bond acceptors (Lipinski definition) is 8. The van der Waals surface area contributed by atoms with E-state index in [2.05, 4.69) is 30.5 Å². The van der Waals surface area contributed by atoms with Crippen LogP contribution in [0.3, 0.4) is 0 Å². The second-order valence-corrected chi connectivity index (χ2v) is 10.7. The first kappa shape index (κ1) is 29.2. The fourth-order valence-electron chi connectivity index (χ4n) is 4.43. The maximum atomic E-state index is 13.7. The minimum Gasteiger partial charge on any atom is -0.355 e. The van der Waals surface area contributed by atoms with E-state index in [1.165, 1.54) is 24.3 Å². The fourth-order valence-corrected chi connectivity index (χ4v) is 4.43. The van der Waals surface area contributed by atoms with Crippen molar-refractivity contribution in [3.63, 3.8) is 0 Å². The number of ether oxygens (including phenoxy) is 2. The summed E-state index contributed by atoms with van der Waals surface area (Å²) in [4.78, 5) is 31.8. The van der Waals surface area contributed by atoms with E-state index in [1.54, 1.807) is 43.5 Å². The van der Waals surface area contributed by atoms with E-state index in [0.717, 1.165) is 13.0 Å². The van der Waals surface area contributed by atoms with E-state index < -0.39 is 11.7 Å². The Morgan fingerprint density at radius 3 is 2.36 bits per heavy atom. The summed E-state index contributed by atoms with van der Waals surface area (Å²) in [5.74, 6) is -0.185. The van der Waals surface area contributed by atoms with Crippen molar-refractivity contribution in [3.8, 4) is 22.6 Å². The number of amides is 1. The van der Waals surface area contributed by atoms with Crippen LogP contribution in [0.15, 0.2) is 60.8 Å². The van der Waals surface area contributed by atoms with Crippen LogP contribution in [-0.2, 0) is 14.3 Å². The summed E-state index contributed by atoms with van der Waals surface area (Å²) in [6, 6.07) is 13.5. The van der Waals surface area contributed by atoms with E-state index in [4.69, 9.17) is 14.5 Å². The molecule has 1 aliphatic rings. The highest BCUT2D eigenvalue weighted by Gasteiger charge is 2.40. The van der Waals surface area contributed by atoms with Gasteiger partial charge in [0.2, 0.25) is 18.1 Å². The maximum Gasteiger partial charge on any atom is 0.230 e. The first-order valence-corrected chi connectivity index (χ1v) is 13.6. The molecule has 220 valence electrons. The largest absolute Gasteiger partial charge is 0.355 e. The van der Waals surface area contributed by atoms with Gasteiger partial charge in [0.05, 0.1) is 35.7 Å². The fraction of sp³-hybridized carbons (Fsp3) is 0.333. The molecule has 0 unspecified atom stereocenters. The molecule has 0 atom stereocenters. The van der Waals surface area contributed by atoms with Crippen molar-refractivity contribution >= 4 is 17.5 Å². The molecule has 1 fully saturated rings. The van der Waals surface area contributed by atoms with Gasteiger partial charge in [-0.25, -0.2) is 23.7 Å². The number of nitrogens with one attached hydrogen (secondary N) is 3. The van der Waals surface area contributed by atoms with E-state index in [0.29, 0.717) is 40.7 Å². The summed E-state index contributed by atoms with van der Waals surface area (Å²) in [5.41, 5.74) is 1.98. The Kier molecular flexibility index (Phi) is 8.86. The number of rotatable bonds is 10. The van der Waals surface area contributed by atoms with Crippen LogP contribution < -0.4 is 10.6 Å². The average Bonchev–Trinajstić information content (AvgIpc) is 3.43. The molecule has 3 N–H and O–H groups in total. The van der Waals surface area contributed by atoms with Crippen LogP contribution in [0.4, 0.5) is 20.4 Å². The molecule has 12 heteroatoms. The number of imidazole rings is 1. The summed E-state index contributed by atoms with van der Waals surface area (Å²) in [5, 5.41) is 6.03. The Balaban J connectivity index is 1.36. The summed E-state index contributed by atoms with van der Waals surface area (Å²) in [7, 11) is 3.98. The van der Waals surface area contributed by atoms with Crippen molar-refractivity contribution in [1.82, 2.24) is 30.2 Å². The zero-order valence-corrected chi connectivity index (χ0v) is 23.7. The lowest BCUT2D eigenvalue weighted by molar-refractivity contribution is -0.231. The number of nitrogens with zero attached hydrogens (tertiary/aromatic N) is 4. The van der Waals surface area contributed by atoms with Gasteiger partial charge in [-0.2, -0.15) is 0 Å². The summed E-state index contributed by atoms with van der Waals surface area (Å²) >= 11 is 0. The molecule has 2 aromatic heterocycles. The van der Waals surface area contributed by atoms with Gasteiger partial charge >= 0.3 is 0 Å². The van der Waals surface area contributed by atoms with Crippen LogP contribution in [0.2, 0.25) is 0 Å². The van der Waals surface area contributed by atoms with Crippen molar-refractivity contribution < 1.29 is 23.0 Å². The van der Waals surface area contributed by atoms with Gasteiger partial charge in [-0.15, -0.1) is 0 Å². The highest BCUT2D eigenvalue weighted by molar-refractivity contribution is 5.82. The number of hydrogen-bond donors (Lipinski definition) is 3. The van der Waals surface area contributed by atoms with Gasteiger partial charge in [0.25, 0.3) is 0 Å². The van der Waals surface area contributed by atoms with Crippen LogP contribution in [-0.4, -0.2) is 71.1 Å². The van der Waals surface area contributed by atoms with Crippen LogP contribution in [0.5, 0.6) is 0 Å². The Morgan fingerprint density at radius 2 is 1.69 bits per heavy atom. The molecule has 2 aromatic carbocycles. The molecule has 0 aliphatic carbocycles. The van der Waals surface area contributed by atoms with Gasteiger partial charge in [0, 0.05) is 24.0 Å².